The fraction of sp³-hybridized carbons (Fsp3) is 0.529. The summed E-state index contributed by atoms with van der Waals surface area (Å²) < 4.78 is 0. The number of hydrogen-bond acceptors (Lipinski definition) is 2. The molecule has 5 nitrogen and oxygen atoms in total. The number of amides is 2. The van der Waals surface area contributed by atoms with Crippen LogP contribution in [0.3, 0.4) is 0 Å². The molecule has 0 saturated carbocycles. The second-order valence-corrected chi connectivity index (χ2v) is 6.82. The number of hydrogen-bond donors (Lipinski definition) is 2. The number of carboxylic acid groups (broad SMARTS) is 1. The predicted molar refractivity (Wildman–Crippen MR) is 88.1 cm³/mol. The van der Waals surface area contributed by atoms with Crippen LogP contribution in [0.25, 0.3) is 0 Å². The monoisotopic (exact) mass is 306 g/mol. The molecular weight excluding hydrogens is 280 g/mol. The van der Waals surface area contributed by atoms with Crippen molar-refractivity contribution in [2.75, 3.05) is 5.32 Å². The van der Waals surface area contributed by atoms with E-state index in [1.54, 1.807) is 20.8 Å². The van der Waals surface area contributed by atoms with Gasteiger partial charge in [-0.3, -0.25) is 9.69 Å². The number of carbonyl (C=O) groups is 2. The third-order valence-electron chi connectivity index (χ3n) is 3.51. The number of benzene rings is 1. The topological polar surface area (TPSA) is 69.6 Å². The molecule has 0 aliphatic carbocycles. The zero-order valence-electron chi connectivity index (χ0n) is 14.2. The molecule has 2 amide bonds. The van der Waals surface area contributed by atoms with Crippen molar-refractivity contribution >= 4 is 17.7 Å². The molecule has 1 rings (SSSR count). The highest BCUT2D eigenvalue weighted by molar-refractivity contribution is 5.97. The van der Waals surface area contributed by atoms with Crippen LogP contribution in [0.5, 0.6) is 0 Å². The van der Waals surface area contributed by atoms with E-state index in [1.165, 1.54) is 4.90 Å². The van der Waals surface area contributed by atoms with E-state index >= 15 is 0 Å². The molecule has 122 valence electrons. The average molecular weight is 306 g/mol. The zero-order chi connectivity index (χ0) is 17.1. The molecule has 1 atom stereocenters. The lowest BCUT2D eigenvalue weighted by molar-refractivity contribution is -0.124. The average Bonchev–Trinajstić information content (AvgIpc) is 2.35. The summed E-state index contributed by atoms with van der Waals surface area (Å²) >= 11 is 0. The fourth-order valence-electron chi connectivity index (χ4n) is 2.46. The molecule has 0 unspecified atom stereocenters. The molecule has 0 heterocycles. The van der Waals surface area contributed by atoms with Gasteiger partial charge in [0.25, 0.3) is 0 Å². The van der Waals surface area contributed by atoms with Crippen molar-refractivity contribution in [3.05, 3.63) is 29.8 Å². The van der Waals surface area contributed by atoms with Crippen LogP contribution >= 0.6 is 0 Å². The third kappa shape index (κ3) is 4.23. The van der Waals surface area contributed by atoms with Gasteiger partial charge in [0, 0.05) is 11.2 Å². The van der Waals surface area contributed by atoms with Gasteiger partial charge >= 0.3 is 6.09 Å². The normalized spacial score (nSPS) is 12.9. The molecular formula is C17H26N2O3. The number of nitrogens with zero attached hydrogens (tertiary/aromatic N) is 1. The molecule has 0 aliphatic heterocycles. The maximum atomic E-state index is 12.7. The Kier molecular flexibility index (Phi) is 5.58. The highest BCUT2D eigenvalue weighted by Crippen LogP contribution is 2.24. The largest absolute Gasteiger partial charge is 0.465 e. The standard InChI is InChI=1S/C17H26N2O3/c1-11(2)14(19(16(21)22)17(4,5)6)15(20)18-13-10-8-7-9-12(13)3/h7-11,14H,1-6H3,(H,18,20)(H,21,22)/t14-/m1/s1. The van der Waals surface area contributed by atoms with Gasteiger partial charge in [-0.1, -0.05) is 32.0 Å². The Morgan fingerprint density at radius 1 is 1.18 bits per heavy atom. The van der Waals surface area contributed by atoms with Crippen molar-refractivity contribution in [2.45, 2.75) is 53.1 Å². The predicted octanol–water partition coefficient (Wildman–Crippen LogP) is 3.74. The van der Waals surface area contributed by atoms with Crippen molar-refractivity contribution < 1.29 is 14.7 Å². The van der Waals surface area contributed by atoms with Crippen LogP contribution in [0.1, 0.15) is 40.2 Å². The van der Waals surface area contributed by atoms with Gasteiger partial charge in [0.1, 0.15) is 6.04 Å². The Bertz CT molecular complexity index is 547. The van der Waals surface area contributed by atoms with E-state index in [2.05, 4.69) is 5.32 Å². The number of aryl methyl sites for hydroxylation is 1. The van der Waals surface area contributed by atoms with Gasteiger partial charge in [-0.15, -0.1) is 0 Å². The SMILES string of the molecule is Cc1ccccc1NC(=O)[C@@H](C(C)C)N(C(=O)O)C(C)(C)C. The van der Waals surface area contributed by atoms with Gasteiger partial charge < -0.3 is 10.4 Å². The van der Waals surface area contributed by atoms with Crippen LogP contribution in [-0.2, 0) is 4.79 Å². The minimum Gasteiger partial charge on any atom is -0.465 e. The highest BCUT2D eigenvalue weighted by atomic mass is 16.4. The minimum absolute atomic E-state index is 0.139. The summed E-state index contributed by atoms with van der Waals surface area (Å²) in [7, 11) is 0. The van der Waals surface area contributed by atoms with Gasteiger partial charge in [0.15, 0.2) is 0 Å². The molecule has 0 radical (unpaired) electrons. The lowest BCUT2D eigenvalue weighted by atomic mass is 9.95. The Labute approximate surface area is 132 Å². The summed E-state index contributed by atoms with van der Waals surface area (Å²) in [5, 5.41) is 12.4. The lowest BCUT2D eigenvalue weighted by Gasteiger charge is -2.40. The van der Waals surface area contributed by atoms with E-state index in [0.29, 0.717) is 5.69 Å². The Morgan fingerprint density at radius 2 is 1.73 bits per heavy atom. The Morgan fingerprint density at radius 3 is 2.14 bits per heavy atom. The molecule has 2 N–H and O–H groups in total. The van der Waals surface area contributed by atoms with Crippen molar-refractivity contribution in [3.8, 4) is 0 Å². The summed E-state index contributed by atoms with van der Waals surface area (Å²) in [5.41, 5.74) is 0.984. The Hall–Kier alpha value is -2.04. The third-order valence-corrected chi connectivity index (χ3v) is 3.51. The maximum absolute atomic E-state index is 12.7. The van der Waals surface area contributed by atoms with E-state index in [-0.39, 0.29) is 11.8 Å². The molecule has 22 heavy (non-hydrogen) atoms. The summed E-state index contributed by atoms with van der Waals surface area (Å²) in [6.07, 6.45) is -1.09. The van der Waals surface area contributed by atoms with Crippen LogP contribution in [0.2, 0.25) is 0 Å². The second kappa shape index (κ2) is 6.81. The molecule has 0 aliphatic rings. The molecule has 1 aromatic carbocycles. The van der Waals surface area contributed by atoms with E-state index in [9.17, 15) is 14.7 Å². The van der Waals surface area contributed by atoms with Crippen molar-refractivity contribution in [1.82, 2.24) is 4.90 Å². The summed E-state index contributed by atoms with van der Waals surface area (Å²) in [6.45, 7) is 11.0. The molecule has 0 aromatic heterocycles. The van der Waals surface area contributed by atoms with Crippen LogP contribution in [-0.4, -0.2) is 33.6 Å². The lowest BCUT2D eigenvalue weighted by Crippen LogP contribution is -2.57. The van der Waals surface area contributed by atoms with Crippen LogP contribution in [0.4, 0.5) is 10.5 Å². The number of rotatable bonds is 4. The molecule has 0 saturated heterocycles. The van der Waals surface area contributed by atoms with E-state index in [0.717, 1.165) is 5.56 Å². The number of nitrogens with one attached hydrogen (secondary N) is 1. The zero-order valence-corrected chi connectivity index (χ0v) is 14.2. The van der Waals surface area contributed by atoms with Gasteiger partial charge in [0.05, 0.1) is 0 Å². The summed E-state index contributed by atoms with van der Waals surface area (Å²) in [6, 6.07) is 6.69. The summed E-state index contributed by atoms with van der Waals surface area (Å²) in [5.74, 6) is -0.444. The van der Waals surface area contributed by atoms with E-state index < -0.39 is 17.7 Å². The molecule has 0 fully saturated rings. The second-order valence-electron chi connectivity index (χ2n) is 6.82. The van der Waals surface area contributed by atoms with Crippen LogP contribution < -0.4 is 5.32 Å². The molecule has 1 aromatic rings. The van der Waals surface area contributed by atoms with Gasteiger partial charge in [0.2, 0.25) is 5.91 Å². The van der Waals surface area contributed by atoms with Gasteiger partial charge in [-0.25, -0.2) is 4.79 Å². The van der Waals surface area contributed by atoms with Gasteiger partial charge in [-0.05, 0) is 45.2 Å². The smallest absolute Gasteiger partial charge is 0.408 e. The quantitative estimate of drug-likeness (QED) is 0.890. The number of carbonyl (C=O) groups excluding carboxylic acids is 1. The highest BCUT2D eigenvalue weighted by Gasteiger charge is 2.39. The molecule has 5 heteroatoms. The first-order valence-corrected chi connectivity index (χ1v) is 7.44. The van der Waals surface area contributed by atoms with Crippen LogP contribution in [0, 0.1) is 12.8 Å². The van der Waals surface area contributed by atoms with Crippen LogP contribution in [0.15, 0.2) is 24.3 Å². The van der Waals surface area contributed by atoms with Gasteiger partial charge in [-0.2, -0.15) is 0 Å². The maximum Gasteiger partial charge on any atom is 0.408 e. The molecule has 0 spiro atoms. The Balaban J connectivity index is 3.12. The van der Waals surface area contributed by atoms with E-state index in [4.69, 9.17) is 0 Å². The summed E-state index contributed by atoms with van der Waals surface area (Å²) in [4.78, 5) is 25.6. The fourth-order valence-corrected chi connectivity index (χ4v) is 2.46. The van der Waals surface area contributed by atoms with Crippen molar-refractivity contribution in [1.29, 1.82) is 0 Å². The number of para-hydroxylation sites is 1. The first kappa shape index (κ1) is 18.0. The van der Waals surface area contributed by atoms with Crippen molar-refractivity contribution in [2.24, 2.45) is 5.92 Å². The first-order valence-electron chi connectivity index (χ1n) is 7.44. The van der Waals surface area contributed by atoms with Crippen molar-refractivity contribution in [3.63, 3.8) is 0 Å². The van der Waals surface area contributed by atoms with E-state index in [1.807, 2.05) is 45.0 Å². The number of anilines is 1. The minimum atomic E-state index is -1.09. The molecule has 0 bridgehead atoms. The first-order chi connectivity index (χ1) is 10.1.